The second-order valence-electron chi connectivity index (χ2n) is 8.32. The first-order chi connectivity index (χ1) is 12.1. The van der Waals surface area contributed by atoms with Crippen molar-refractivity contribution in [2.45, 2.75) is 84.5 Å². The monoisotopic (exact) mass is 368 g/mol. The number of alkyl carbamates (subject to hydrolysis) is 1. The summed E-state index contributed by atoms with van der Waals surface area (Å²) in [5.41, 5.74) is -0.643. The van der Waals surface area contributed by atoms with E-state index in [-0.39, 0.29) is 30.4 Å². The molecule has 26 heavy (non-hydrogen) atoms. The van der Waals surface area contributed by atoms with Crippen LogP contribution in [0.15, 0.2) is 0 Å². The number of likely N-dealkylation sites (tertiary alicyclic amines) is 1. The van der Waals surface area contributed by atoms with Crippen molar-refractivity contribution >= 4 is 18.0 Å². The molecule has 1 heterocycles. The van der Waals surface area contributed by atoms with Crippen molar-refractivity contribution in [2.24, 2.45) is 11.8 Å². The predicted molar refractivity (Wildman–Crippen MR) is 96.4 cm³/mol. The molecule has 2 amide bonds. The molecule has 1 saturated carbocycles. The first-order valence-corrected chi connectivity index (χ1v) is 9.57. The summed E-state index contributed by atoms with van der Waals surface area (Å²) in [6, 6.07) is -1.17. The van der Waals surface area contributed by atoms with Crippen molar-refractivity contribution in [3.63, 3.8) is 0 Å². The molecule has 0 aromatic heterocycles. The molecule has 0 aromatic carbocycles. The maximum Gasteiger partial charge on any atom is 0.408 e. The number of piperidine rings is 1. The lowest BCUT2D eigenvalue weighted by Crippen LogP contribution is -2.56. The molecule has 1 saturated heterocycles. The third-order valence-electron chi connectivity index (χ3n) is 5.07. The number of nitrogens with zero attached hydrogens (tertiary/aromatic N) is 1. The van der Waals surface area contributed by atoms with Crippen LogP contribution >= 0.6 is 0 Å². The fourth-order valence-corrected chi connectivity index (χ4v) is 3.50. The van der Waals surface area contributed by atoms with Gasteiger partial charge in [0, 0.05) is 6.04 Å². The van der Waals surface area contributed by atoms with Gasteiger partial charge in [-0.25, -0.2) is 9.59 Å². The first-order valence-electron chi connectivity index (χ1n) is 9.57. The van der Waals surface area contributed by atoms with Crippen LogP contribution in [0.3, 0.4) is 0 Å². The largest absolute Gasteiger partial charge is 0.464 e. The standard InChI is InChI=1S/C19H32N2O5/c1-7-11(3)15(20-18(24)26-19(4,5)6)16(22)21-13-9-12(13)10-14(21)17(23)25-8-2/h11-15H,7-10H2,1-6H3,(H,20,24)/t11?,12?,13?,14-,15?/m0/s1. The van der Waals surface area contributed by atoms with Gasteiger partial charge in [0.05, 0.1) is 6.61 Å². The highest BCUT2D eigenvalue weighted by molar-refractivity contribution is 5.91. The summed E-state index contributed by atoms with van der Waals surface area (Å²) in [4.78, 5) is 39.4. The highest BCUT2D eigenvalue weighted by atomic mass is 16.6. The van der Waals surface area contributed by atoms with Gasteiger partial charge in [0.15, 0.2) is 0 Å². The maximum absolute atomic E-state index is 13.3. The van der Waals surface area contributed by atoms with E-state index in [1.165, 1.54) is 0 Å². The number of fused-ring (bicyclic) bond motifs is 1. The summed E-state index contributed by atoms with van der Waals surface area (Å²) in [5.74, 6) is -0.274. The Morgan fingerprint density at radius 2 is 1.85 bits per heavy atom. The van der Waals surface area contributed by atoms with Gasteiger partial charge in [0.2, 0.25) is 5.91 Å². The van der Waals surface area contributed by atoms with Crippen molar-refractivity contribution in [3.8, 4) is 0 Å². The Labute approximate surface area is 155 Å². The molecule has 2 rings (SSSR count). The van der Waals surface area contributed by atoms with E-state index in [9.17, 15) is 14.4 Å². The number of carbonyl (C=O) groups excluding carboxylic acids is 3. The van der Waals surface area contributed by atoms with Gasteiger partial charge >= 0.3 is 12.1 Å². The normalized spacial score (nSPS) is 26.5. The highest BCUT2D eigenvalue weighted by Gasteiger charge is 2.57. The zero-order chi connectivity index (χ0) is 19.6. The highest BCUT2D eigenvalue weighted by Crippen LogP contribution is 2.48. The van der Waals surface area contributed by atoms with Gasteiger partial charge in [-0.15, -0.1) is 0 Å². The number of amides is 2. The van der Waals surface area contributed by atoms with E-state index >= 15 is 0 Å². The number of carbonyl (C=O) groups is 3. The molecule has 2 fully saturated rings. The Kier molecular flexibility index (Phi) is 6.19. The van der Waals surface area contributed by atoms with E-state index in [4.69, 9.17) is 9.47 Å². The molecular weight excluding hydrogens is 336 g/mol. The summed E-state index contributed by atoms with van der Waals surface area (Å²) < 4.78 is 10.5. The maximum atomic E-state index is 13.3. The Bertz CT molecular complexity index is 557. The van der Waals surface area contributed by atoms with Crippen molar-refractivity contribution in [2.75, 3.05) is 6.61 Å². The molecular formula is C19H32N2O5. The summed E-state index contributed by atoms with van der Waals surface area (Å²) in [7, 11) is 0. The van der Waals surface area contributed by atoms with Crippen LogP contribution in [-0.2, 0) is 19.1 Å². The molecule has 4 unspecified atom stereocenters. The first kappa shape index (κ1) is 20.5. The molecule has 0 radical (unpaired) electrons. The van der Waals surface area contributed by atoms with Crippen LogP contribution in [-0.4, -0.2) is 53.2 Å². The Hall–Kier alpha value is -1.79. The minimum atomic E-state index is -0.717. The van der Waals surface area contributed by atoms with Crippen LogP contribution in [0.1, 0.15) is 60.8 Å². The molecule has 1 aliphatic heterocycles. The van der Waals surface area contributed by atoms with Crippen molar-refractivity contribution < 1.29 is 23.9 Å². The topological polar surface area (TPSA) is 84.9 Å². The molecule has 148 valence electrons. The van der Waals surface area contributed by atoms with Crippen molar-refractivity contribution in [1.29, 1.82) is 0 Å². The molecule has 2 aliphatic rings. The van der Waals surface area contributed by atoms with Gasteiger partial charge in [-0.2, -0.15) is 0 Å². The van der Waals surface area contributed by atoms with E-state index in [0.717, 1.165) is 12.8 Å². The van der Waals surface area contributed by atoms with Crippen LogP contribution in [0, 0.1) is 11.8 Å². The Morgan fingerprint density at radius 1 is 1.19 bits per heavy atom. The summed E-state index contributed by atoms with van der Waals surface area (Å²) in [6.07, 6.45) is 1.67. The number of hydrogen-bond acceptors (Lipinski definition) is 5. The Balaban J connectivity index is 2.14. The zero-order valence-electron chi connectivity index (χ0n) is 16.7. The molecule has 0 bridgehead atoms. The average Bonchev–Trinajstić information content (AvgIpc) is 3.20. The van der Waals surface area contributed by atoms with Gasteiger partial charge in [0.25, 0.3) is 0 Å². The van der Waals surface area contributed by atoms with E-state index < -0.39 is 23.8 Å². The number of ether oxygens (including phenoxy) is 2. The third kappa shape index (κ3) is 4.68. The lowest BCUT2D eigenvalue weighted by molar-refractivity contribution is -0.155. The van der Waals surface area contributed by atoms with Crippen LogP contribution in [0.5, 0.6) is 0 Å². The fourth-order valence-electron chi connectivity index (χ4n) is 3.50. The van der Waals surface area contributed by atoms with Gasteiger partial charge in [-0.3, -0.25) is 4.79 Å². The summed E-state index contributed by atoms with van der Waals surface area (Å²) in [6.45, 7) is 11.3. The quantitative estimate of drug-likeness (QED) is 0.728. The summed E-state index contributed by atoms with van der Waals surface area (Å²) >= 11 is 0. The number of rotatable bonds is 6. The fraction of sp³-hybridized carbons (Fsp3) is 0.842. The van der Waals surface area contributed by atoms with E-state index in [1.807, 2.05) is 13.8 Å². The Morgan fingerprint density at radius 3 is 2.38 bits per heavy atom. The third-order valence-corrected chi connectivity index (χ3v) is 5.07. The molecule has 0 spiro atoms. The van der Waals surface area contributed by atoms with E-state index in [1.54, 1.807) is 32.6 Å². The van der Waals surface area contributed by atoms with Crippen LogP contribution < -0.4 is 5.32 Å². The lowest BCUT2D eigenvalue weighted by atomic mass is 9.97. The number of nitrogens with one attached hydrogen (secondary N) is 1. The second kappa shape index (κ2) is 7.84. The lowest BCUT2D eigenvalue weighted by Gasteiger charge is -2.33. The number of esters is 1. The zero-order valence-corrected chi connectivity index (χ0v) is 16.7. The minimum Gasteiger partial charge on any atom is -0.464 e. The van der Waals surface area contributed by atoms with E-state index in [2.05, 4.69) is 5.32 Å². The molecule has 0 aromatic rings. The summed E-state index contributed by atoms with van der Waals surface area (Å²) in [5, 5.41) is 2.73. The molecule has 7 heteroatoms. The van der Waals surface area contributed by atoms with Crippen LogP contribution in [0.25, 0.3) is 0 Å². The average molecular weight is 368 g/mol. The van der Waals surface area contributed by atoms with E-state index in [0.29, 0.717) is 12.3 Å². The van der Waals surface area contributed by atoms with Crippen molar-refractivity contribution in [3.05, 3.63) is 0 Å². The van der Waals surface area contributed by atoms with Gasteiger partial charge in [-0.05, 0) is 52.4 Å². The van der Waals surface area contributed by atoms with Gasteiger partial charge in [-0.1, -0.05) is 20.3 Å². The molecule has 1 aliphatic carbocycles. The van der Waals surface area contributed by atoms with Gasteiger partial charge in [0.1, 0.15) is 17.7 Å². The van der Waals surface area contributed by atoms with Crippen molar-refractivity contribution in [1.82, 2.24) is 10.2 Å². The molecule has 1 N–H and O–H groups in total. The molecule has 7 nitrogen and oxygen atoms in total. The predicted octanol–water partition coefficient (Wildman–Crippen LogP) is 2.48. The van der Waals surface area contributed by atoms with Crippen LogP contribution in [0.2, 0.25) is 0 Å². The minimum absolute atomic E-state index is 0.0735. The number of hydrogen-bond donors (Lipinski definition) is 1. The SMILES string of the molecule is CCOC(=O)[C@@H]1CC2CC2N1C(=O)C(NC(=O)OC(C)(C)C)C(C)CC. The van der Waals surface area contributed by atoms with Gasteiger partial charge < -0.3 is 19.7 Å². The van der Waals surface area contributed by atoms with Crippen LogP contribution in [0.4, 0.5) is 4.79 Å². The molecule has 5 atom stereocenters. The second-order valence-corrected chi connectivity index (χ2v) is 8.32. The smallest absolute Gasteiger partial charge is 0.408 e.